The fourth-order valence-corrected chi connectivity index (χ4v) is 4.57. The molecule has 0 spiro atoms. The Kier molecular flexibility index (Phi) is 22.2. The van der Waals surface area contributed by atoms with Gasteiger partial charge in [0, 0.05) is 0 Å². The highest BCUT2D eigenvalue weighted by Gasteiger charge is 2.09. The third-order valence-corrected chi connectivity index (χ3v) is 6.69. The van der Waals surface area contributed by atoms with Crippen molar-refractivity contribution in [1.29, 1.82) is 0 Å². The summed E-state index contributed by atoms with van der Waals surface area (Å²) in [6.07, 6.45) is 29.0. The van der Waals surface area contributed by atoms with Crippen LogP contribution in [0.2, 0.25) is 0 Å². The van der Waals surface area contributed by atoms with Crippen molar-refractivity contribution in [2.24, 2.45) is 17.8 Å². The maximum Gasteiger partial charge on any atom is -0.0241 e. The molecule has 30 heavy (non-hydrogen) atoms. The summed E-state index contributed by atoms with van der Waals surface area (Å²) >= 11 is 0. The van der Waals surface area contributed by atoms with Crippen molar-refractivity contribution in [2.75, 3.05) is 0 Å². The lowest BCUT2D eigenvalue weighted by Crippen LogP contribution is -1.99. The van der Waals surface area contributed by atoms with Gasteiger partial charge in [0.1, 0.15) is 0 Å². The van der Waals surface area contributed by atoms with Crippen molar-refractivity contribution < 1.29 is 0 Å². The smallest absolute Gasteiger partial charge is 0.0241 e. The Morgan fingerprint density at radius 1 is 0.333 bits per heavy atom. The number of hydrogen-bond acceptors (Lipinski definition) is 0. The Labute approximate surface area is 193 Å². The van der Waals surface area contributed by atoms with Crippen molar-refractivity contribution in [3.8, 4) is 0 Å². The van der Waals surface area contributed by atoms with Crippen LogP contribution in [0.3, 0.4) is 0 Å². The van der Waals surface area contributed by atoms with Crippen LogP contribution in [0.25, 0.3) is 0 Å². The van der Waals surface area contributed by atoms with E-state index in [1.54, 1.807) is 0 Å². The molecule has 0 N–H and O–H groups in total. The van der Waals surface area contributed by atoms with Crippen molar-refractivity contribution in [2.45, 2.75) is 170 Å². The molecule has 0 amide bonds. The summed E-state index contributed by atoms with van der Waals surface area (Å²) in [6.45, 7) is 14.1. The second kappa shape index (κ2) is 22.2. The summed E-state index contributed by atoms with van der Waals surface area (Å²) in [6, 6.07) is 0. The zero-order chi connectivity index (χ0) is 22.5. The van der Waals surface area contributed by atoms with E-state index in [1.807, 2.05) is 5.92 Å². The molecule has 0 aliphatic heterocycles. The summed E-state index contributed by atoms with van der Waals surface area (Å²) in [7, 11) is 0. The summed E-state index contributed by atoms with van der Waals surface area (Å²) in [5, 5.41) is 0. The average molecular weight is 422 g/mol. The first-order valence-corrected chi connectivity index (χ1v) is 14.2. The lowest BCUT2D eigenvalue weighted by atomic mass is 9.89. The Hall–Kier alpha value is 0. The van der Waals surface area contributed by atoms with Gasteiger partial charge in [-0.2, -0.15) is 0 Å². The van der Waals surface area contributed by atoms with Gasteiger partial charge >= 0.3 is 0 Å². The molecule has 0 fully saturated rings. The molecule has 0 rings (SSSR count). The van der Waals surface area contributed by atoms with Crippen molar-refractivity contribution >= 4 is 0 Å². The van der Waals surface area contributed by atoms with Gasteiger partial charge in [0.05, 0.1) is 0 Å². The lowest BCUT2D eigenvalue weighted by molar-refractivity contribution is 0.484. The monoisotopic (exact) mass is 421 g/mol. The summed E-state index contributed by atoms with van der Waals surface area (Å²) in [4.78, 5) is 0. The van der Waals surface area contributed by atoms with Crippen LogP contribution in [0, 0.1) is 23.7 Å². The van der Waals surface area contributed by atoms with Gasteiger partial charge < -0.3 is 0 Å². The Morgan fingerprint density at radius 2 is 0.567 bits per heavy atom. The van der Waals surface area contributed by atoms with Crippen LogP contribution in [0.5, 0.6) is 0 Å². The largest absolute Gasteiger partial charge is 0.0628 e. The molecule has 0 heteroatoms. The van der Waals surface area contributed by atoms with Gasteiger partial charge in [0.25, 0.3) is 0 Å². The van der Waals surface area contributed by atoms with Gasteiger partial charge in [-0.15, -0.1) is 0 Å². The zero-order valence-corrected chi connectivity index (χ0v) is 22.4. The summed E-state index contributed by atoms with van der Waals surface area (Å²) < 4.78 is 0. The van der Waals surface area contributed by atoms with Gasteiger partial charge in [0.15, 0.2) is 0 Å². The van der Waals surface area contributed by atoms with Crippen LogP contribution < -0.4 is 0 Å². The van der Waals surface area contributed by atoms with Crippen molar-refractivity contribution in [3.05, 3.63) is 5.92 Å². The summed E-state index contributed by atoms with van der Waals surface area (Å²) in [5.74, 6) is 4.57. The Morgan fingerprint density at radius 3 is 0.833 bits per heavy atom. The molecule has 0 atom stereocenters. The minimum atomic E-state index is 0.883. The second-order valence-electron chi connectivity index (χ2n) is 11.5. The highest BCUT2D eigenvalue weighted by Crippen LogP contribution is 2.27. The minimum absolute atomic E-state index is 0.883. The van der Waals surface area contributed by atoms with Gasteiger partial charge in [-0.05, 0) is 42.9 Å². The molecule has 0 heterocycles. The molecule has 0 saturated heterocycles. The zero-order valence-electron chi connectivity index (χ0n) is 22.4. The molecule has 0 aliphatic rings. The first-order valence-electron chi connectivity index (χ1n) is 14.2. The highest BCUT2D eigenvalue weighted by molar-refractivity contribution is 4.89. The topological polar surface area (TPSA) is 0 Å². The van der Waals surface area contributed by atoms with Crippen molar-refractivity contribution in [3.63, 3.8) is 0 Å². The highest BCUT2D eigenvalue weighted by atomic mass is 14.1. The normalized spacial score (nSPS) is 12.2. The minimum Gasteiger partial charge on any atom is -0.0628 e. The quantitative estimate of drug-likeness (QED) is 0.144. The molecule has 0 unspecified atom stereocenters. The first-order chi connectivity index (χ1) is 14.4. The predicted octanol–water partition coefficient (Wildman–Crippen LogP) is 11.3. The third kappa shape index (κ3) is 24.3. The first kappa shape index (κ1) is 30.0. The lowest BCUT2D eigenvalue weighted by Gasteiger charge is -2.17. The van der Waals surface area contributed by atoms with Crippen LogP contribution in [-0.4, -0.2) is 0 Å². The van der Waals surface area contributed by atoms with E-state index < -0.39 is 0 Å². The molecule has 0 aromatic rings. The molecule has 0 aromatic heterocycles. The molecular weight excluding hydrogens is 360 g/mol. The molecule has 1 radical (unpaired) electrons. The van der Waals surface area contributed by atoms with Gasteiger partial charge in [0.2, 0.25) is 0 Å². The second-order valence-corrected chi connectivity index (χ2v) is 11.5. The number of hydrogen-bond donors (Lipinski definition) is 0. The van der Waals surface area contributed by atoms with E-state index >= 15 is 0 Å². The van der Waals surface area contributed by atoms with Crippen LogP contribution in [0.4, 0.5) is 0 Å². The Balaban J connectivity index is 3.89. The number of rotatable bonds is 23. The van der Waals surface area contributed by atoms with Crippen LogP contribution in [-0.2, 0) is 0 Å². The molecule has 181 valence electrons. The third-order valence-electron chi connectivity index (χ3n) is 6.69. The fourth-order valence-electron chi connectivity index (χ4n) is 4.57. The van der Waals surface area contributed by atoms with Gasteiger partial charge in [-0.25, -0.2) is 0 Å². The molecule has 0 nitrogen and oxygen atoms in total. The van der Waals surface area contributed by atoms with Crippen LogP contribution in [0.15, 0.2) is 0 Å². The fraction of sp³-hybridized carbons (Fsp3) is 0.967. The summed E-state index contributed by atoms with van der Waals surface area (Å²) in [5.41, 5.74) is 0. The molecular formula is C30H61. The maximum absolute atomic E-state index is 2.36. The standard InChI is InChI=1S/C30H61/c1-27(2)21-15-9-7-11-18-24-30(26-20-14-13-17-23-29(5)6)25-19-12-8-10-16-22-28(3)4/h27-29H,7-26H2,1-6H3. The van der Waals surface area contributed by atoms with Crippen molar-refractivity contribution in [1.82, 2.24) is 0 Å². The van der Waals surface area contributed by atoms with Crippen LogP contribution >= 0.6 is 0 Å². The number of unbranched alkanes of at least 4 members (excludes halogenated alkanes) is 11. The van der Waals surface area contributed by atoms with E-state index in [9.17, 15) is 0 Å². The van der Waals surface area contributed by atoms with Gasteiger partial charge in [-0.1, -0.05) is 151 Å². The maximum atomic E-state index is 2.36. The van der Waals surface area contributed by atoms with E-state index in [4.69, 9.17) is 0 Å². The molecule has 0 bridgehead atoms. The van der Waals surface area contributed by atoms with E-state index in [0.717, 1.165) is 17.8 Å². The molecule has 0 aliphatic carbocycles. The van der Waals surface area contributed by atoms with Gasteiger partial charge in [-0.3, -0.25) is 0 Å². The van der Waals surface area contributed by atoms with E-state index in [1.165, 1.54) is 128 Å². The van der Waals surface area contributed by atoms with E-state index in [0.29, 0.717) is 0 Å². The van der Waals surface area contributed by atoms with E-state index in [2.05, 4.69) is 41.5 Å². The Bertz CT molecular complexity index is 292. The van der Waals surface area contributed by atoms with Crippen LogP contribution in [0.1, 0.15) is 170 Å². The van der Waals surface area contributed by atoms with E-state index in [-0.39, 0.29) is 0 Å². The molecule has 0 saturated carbocycles. The average Bonchev–Trinajstić information content (AvgIpc) is 2.67. The molecule has 0 aromatic carbocycles. The SMILES string of the molecule is CC(C)CCCCCCC[C](CCCCCCCC(C)C)CCCCCCC(C)C. The predicted molar refractivity (Wildman–Crippen MR) is 140 cm³/mol.